The molecule has 1 heterocycles. The smallest absolute Gasteiger partial charge is 0.326 e. The molecule has 7 nitrogen and oxygen atoms in total. The van der Waals surface area contributed by atoms with Gasteiger partial charge in [-0.2, -0.15) is 0 Å². The molecule has 0 unspecified atom stereocenters. The van der Waals surface area contributed by atoms with E-state index in [1.807, 2.05) is 78.9 Å². The van der Waals surface area contributed by atoms with Crippen LogP contribution in [0.2, 0.25) is 0 Å². The normalized spacial score (nSPS) is 13.8. The lowest BCUT2D eigenvalue weighted by Crippen LogP contribution is -2.42. The Kier molecular flexibility index (Phi) is 9.90. The number of carbonyl (C=O) groups excluding carboxylic acids is 1. The molecule has 4 aromatic rings. The maximum atomic E-state index is 13.3. The minimum atomic E-state index is -1.12. The second-order valence-electron chi connectivity index (χ2n) is 10.2. The van der Waals surface area contributed by atoms with Gasteiger partial charge >= 0.3 is 5.97 Å². The highest BCUT2D eigenvalue weighted by Crippen LogP contribution is 2.33. The number of para-hydroxylation sites is 2. The van der Waals surface area contributed by atoms with Gasteiger partial charge in [-0.1, -0.05) is 76.6 Å². The Morgan fingerprint density at radius 1 is 0.881 bits per heavy atom. The van der Waals surface area contributed by atoms with Crippen LogP contribution in [-0.4, -0.2) is 54.2 Å². The second-order valence-corrected chi connectivity index (χ2v) is 11.1. The fourth-order valence-corrected chi connectivity index (χ4v) is 5.36. The number of hydrogen-bond donors (Lipinski definition) is 2. The Morgan fingerprint density at radius 2 is 1.60 bits per heavy atom. The first-order valence-electron chi connectivity index (χ1n) is 14.1. The number of carbonyl (C=O) groups is 2. The van der Waals surface area contributed by atoms with Crippen molar-refractivity contribution in [2.24, 2.45) is 0 Å². The van der Waals surface area contributed by atoms with Gasteiger partial charge < -0.3 is 19.9 Å². The van der Waals surface area contributed by atoms with E-state index in [1.165, 1.54) is 12.8 Å². The van der Waals surface area contributed by atoms with Crippen molar-refractivity contribution in [2.45, 2.75) is 25.3 Å². The third-order valence-corrected chi connectivity index (χ3v) is 7.71. The van der Waals surface area contributed by atoms with Crippen LogP contribution in [0.15, 0.2) is 102 Å². The summed E-state index contributed by atoms with van der Waals surface area (Å²) < 4.78 is 12.8. The Balaban J connectivity index is 1.26. The van der Waals surface area contributed by atoms with Crippen LogP contribution in [0, 0.1) is 0 Å². The van der Waals surface area contributed by atoms with Crippen LogP contribution in [-0.2, 0) is 11.2 Å². The van der Waals surface area contributed by atoms with Gasteiger partial charge in [-0.3, -0.25) is 9.69 Å². The number of likely N-dealkylation sites (tertiary alicyclic amines) is 1. The van der Waals surface area contributed by atoms with Gasteiger partial charge in [-0.15, -0.1) is 0 Å². The predicted octanol–water partition coefficient (Wildman–Crippen LogP) is 6.81. The highest BCUT2D eigenvalue weighted by molar-refractivity contribution is 9.10. The maximum absolute atomic E-state index is 13.3. The maximum Gasteiger partial charge on any atom is 0.326 e. The van der Waals surface area contributed by atoms with E-state index in [-0.39, 0.29) is 6.42 Å². The highest BCUT2D eigenvalue weighted by Gasteiger charge is 2.24. The van der Waals surface area contributed by atoms with Gasteiger partial charge in [0.15, 0.2) is 0 Å². The molecule has 0 radical (unpaired) electrons. The van der Waals surface area contributed by atoms with Gasteiger partial charge in [0.1, 0.15) is 29.9 Å². The lowest BCUT2D eigenvalue weighted by Gasteiger charge is -2.18. The number of carboxylic acids is 1. The zero-order chi connectivity index (χ0) is 29.3. The van der Waals surface area contributed by atoms with Crippen molar-refractivity contribution < 1.29 is 24.2 Å². The number of carboxylic acid groups (broad SMARTS) is 1. The summed E-state index contributed by atoms with van der Waals surface area (Å²) in [5.41, 5.74) is 2.93. The Labute approximate surface area is 254 Å². The van der Waals surface area contributed by atoms with Gasteiger partial charge in [0.2, 0.25) is 0 Å². The summed E-state index contributed by atoms with van der Waals surface area (Å²) in [6.07, 6.45) is 2.52. The quantitative estimate of drug-likeness (QED) is 0.179. The van der Waals surface area contributed by atoms with Gasteiger partial charge in [0, 0.05) is 23.0 Å². The fourth-order valence-electron chi connectivity index (χ4n) is 5.00. The largest absolute Gasteiger partial charge is 0.491 e. The molecule has 1 fully saturated rings. The van der Waals surface area contributed by atoms with Gasteiger partial charge in [-0.05, 0) is 73.5 Å². The first kappa shape index (κ1) is 29.4. The van der Waals surface area contributed by atoms with Crippen LogP contribution >= 0.6 is 15.9 Å². The van der Waals surface area contributed by atoms with E-state index in [4.69, 9.17) is 9.47 Å². The summed E-state index contributed by atoms with van der Waals surface area (Å²) in [7, 11) is 0. The molecule has 1 saturated heterocycles. The SMILES string of the molecule is O=C(N[C@@H](Cc1ccc(-c2ccccc2Oc2ccccc2)cc1)C(=O)O)c1cc(Br)ccc1OCCN1CCCC1. The number of nitrogens with zero attached hydrogens (tertiary/aromatic N) is 1. The van der Waals surface area contributed by atoms with Crippen LogP contribution in [0.1, 0.15) is 28.8 Å². The second kappa shape index (κ2) is 14.2. The Hall–Kier alpha value is -4.14. The molecule has 4 aromatic carbocycles. The number of benzene rings is 4. The number of halogens is 1. The van der Waals surface area contributed by atoms with Crippen LogP contribution < -0.4 is 14.8 Å². The molecule has 8 heteroatoms. The molecule has 0 spiro atoms. The van der Waals surface area contributed by atoms with Crippen LogP contribution in [0.3, 0.4) is 0 Å². The Morgan fingerprint density at radius 3 is 2.33 bits per heavy atom. The molecule has 1 amide bonds. The lowest BCUT2D eigenvalue weighted by atomic mass is 9.99. The molecule has 1 aliphatic rings. The van der Waals surface area contributed by atoms with Gasteiger partial charge in [0.25, 0.3) is 5.91 Å². The monoisotopic (exact) mass is 628 g/mol. The molecule has 0 aromatic heterocycles. The molecule has 1 aliphatic heterocycles. The molecular weight excluding hydrogens is 596 g/mol. The third-order valence-electron chi connectivity index (χ3n) is 7.22. The molecule has 42 heavy (non-hydrogen) atoms. The predicted molar refractivity (Wildman–Crippen MR) is 166 cm³/mol. The average Bonchev–Trinajstić information content (AvgIpc) is 3.52. The molecule has 0 bridgehead atoms. The van der Waals surface area contributed by atoms with E-state index in [0.717, 1.165) is 47.8 Å². The first-order valence-corrected chi connectivity index (χ1v) is 14.9. The summed E-state index contributed by atoms with van der Waals surface area (Å²) in [6, 6.07) is 29.1. The summed E-state index contributed by atoms with van der Waals surface area (Å²) in [5.74, 6) is 0.288. The zero-order valence-corrected chi connectivity index (χ0v) is 24.8. The van der Waals surface area contributed by atoms with E-state index < -0.39 is 17.9 Å². The number of rotatable bonds is 12. The van der Waals surface area contributed by atoms with E-state index in [0.29, 0.717) is 22.4 Å². The third kappa shape index (κ3) is 7.78. The van der Waals surface area contributed by atoms with E-state index in [9.17, 15) is 14.7 Å². The van der Waals surface area contributed by atoms with Crippen molar-refractivity contribution in [1.82, 2.24) is 10.2 Å². The molecule has 1 atom stereocenters. The zero-order valence-electron chi connectivity index (χ0n) is 23.2. The summed E-state index contributed by atoms with van der Waals surface area (Å²) >= 11 is 3.42. The topological polar surface area (TPSA) is 88.1 Å². The van der Waals surface area contributed by atoms with Crippen LogP contribution in [0.25, 0.3) is 11.1 Å². The summed E-state index contributed by atoms with van der Waals surface area (Å²) in [4.78, 5) is 27.8. The van der Waals surface area contributed by atoms with Crippen molar-refractivity contribution >= 4 is 27.8 Å². The number of amides is 1. The number of aliphatic carboxylic acids is 1. The number of hydrogen-bond acceptors (Lipinski definition) is 5. The molecule has 5 rings (SSSR count). The Bertz CT molecular complexity index is 1500. The van der Waals surface area contributed by atoms with Crippen molar-refractivity contribution in [3.63, 3.8) is 0 Å². The van der Waals surface area contributed by atoms with Crippen molar-refractivity contribution in [1.29, 1.82) is 0 Å². The van der Waals surface area contributed by atoms with Crippen molar-refractivity contribution in [3.05, 3.63) is 113 Å². The van der Waals surface area contributed by atoms with Gasteiger partial charge in [0.05, 0.1) is 5.56 Å². The van der Waals surface area contributed by atoms with Crippen LogP contribution in [0.4, 0.5) is 0 Å². The lowest BCUT2D eigenvalue weighted by molar-refractivity contribution is -0.139. The number of nitrogens with one attached hydrogen (secondary N) is 1. The highest BCUT2D eigenvalue weighted by atomic mass is 79.9. The minimum Gasteiger partial charge on any atom is -0.491 e. The number of ether oxygens (including phenoxy) is 2. The standard InChI is InChI=1S/C34H33BrN2O5/c35-26-16-17-31(41-21-20-37-18-6-7-19-37)29(23-26)33(38)36-30(34(39)40)22-24-12-14-25(15-13-24)28-10-4-5-11-32(28)42-27-8-2-1-3-9-27/h1-5,8-17,23,30H,6-7,18-22H2,(H,36,38)(H,39,40)/t30-/m0/s1. The minimum absolute atomic E-state index is 0.128. The van der Waals surface area contributed by atoms with Crippen LogP contribution in [0.5, 0.6) is 17.2 Å². The first-order chi connectivity index (χ1) is 20.5. The van der Waals surface area contributed by atoms with E-state index >= 15 is 0 Å². The van der Waals surface area contributed by atoms with Crippen molar-refractivity contribution in [3.8, 4) is 28.4 Å². The molecule has 2 N–H and O–H groups in total. The average molecular weight is 630 g/mol. The molecule has 216 valence electrons. The fraction of sp³-hybridized carbons (Fsp3) is 0.235. The summed E-state index contributed by atoms with van der Waals surface area (Å²) in [5, 5.41) is 12.6. The van der Waals surface area contributed by atoms with Crippen molar-refractivity contribution in [2.75, 3.05) is 26.2 Å². The molecule has 0 aliphatic carbocycles. The van der Waals surface area contributed by atoms with E-state index in [2.05, 4.69) is 26.1 Å². The van der Waals surface area contributed by atoms with E-state index in [1.54, 1.807) is 18.2 Å². The summed E-state index contributed by atoms with van der Waals surface area (Å²) in [6.45, 7) is 3.36. The van der Waals surface area contributed by atoms with Gasteiger partial charge in [-0.25, -0.2) is 4.79 Å². The molecule has 0 saturated carbocycles. The molecular formula is C34H33BrN2O5.